The van der Waals surface area contributed by atoms with E-state index in [2.05, 4.69) is 30.3 Å². The van der Waals surface area contributed by atoms with Crippen LogP contribution in [0.15, 0.2) is 37.4 Å². The van der Waals surface area contributed by atoms with E-state index in [4.69, 9.17) is 9.47 Å². The van der Waals surface area contributed by atoms with Crippen LogP contribution in [0, 0.1) is 11.8 Å². The van der Waals surface area contributed by atoms with Gasteiger partial charge in [-0.1, -0.05) is 11.8 Å². The number of carbonyl (C=O) groups excluding carboxylic acids is 2. The van der Waals surface area contributed by atoms with E-state index in [9.17, 15) is 14.7 Å². The van der Waals surface area contributed by atoms with Gasteiger partial charge in [-0.15, -0.1) is 13.2 Å². The summed E-state index contributed by atoms with van der Waals surface area (Å²) in [4.78, 5) is 24.7. The summed E-state index contributed by atoms with van der Waals surface area (Å²) >= 11 is 0. The van der Waals surface area contributed by atoms with E-state index in [0.717, 1.165) is 12.0 Å². The van der Waals surface area contributed by atoms with E-state index in [1.165, 1.54) is 7.11 Å². The van der Waals surface area contributed by atoms with Crippen molar-refractivity contribution >= 4 is 11.9 Å². The quantitative estimate of drug-likeness (QED) is 0.445. The SMILES string of the molecule is C=C.COC(=O)C(NC(=O)c1ccc(C#CCC(C)O)cc1)C1(OC)CCC1. The number of amides is 1. The van der Waals surface area contributed by atoms with Crippen LogP contribution in [0.5, 0.6) is 0 Å². The molecule has 2 rings (SSSR count). The fraction of sp³-hybridized carbons (Fsp3) is 0.455. The molecule has 0 bridgehead atoms. The first-order valence-electron chi connectivity index (χ1n) is 9.12. The highest BCUT2D eigenvalue weighted by atomic mass is 16.5. The van der Waals surface area contributed by atoms with Gasteiger partial charge in [0.25, 0.3) is 5.91 Å². The first kappa shape index (κ1) is 23.4. The monoisotopic (exact) mass is 387 g/mol. The Balaban J connectivity index is 0.00000190. The van der Waals surface area contributed by atoms with Crippen molar-refractivity contribution in [2.45, 2.75) is 50.4 Å². The van der Waals surface area contributed by atoms with Gasteiger partial charge in [-0.25, -0.2) is 4.79 Å². The summed E-state index contributed by atoms with van der Waals surface area (Å²) in [6.07, 6.45) is 2.25. The van der Waals surface area contributed by atoms with Crippen LogP contribution < -0.4 is 5.32 Å². The molecule has 1 amide bonds. The van der Waals surface area contributed by atoms with Gasteiger partial charge in [-0.3, -0.25) is 4.79 Å². The predicted octanol–water partition coefficient (Wildman–Crippen LogP) is 2.45. The minimum atomic E-state index is -0.843. The van der Waals surface area contributed by atoms with Crippen molar-refractivity contribution < 1.29 is 24.2 Å². The molecular formula is C22H29NO5. The molecule has 152 valence electrons. The van der Waals surface area contributed by atoms with Gasteiger partial charge in [0.2, 0.25) is 0 Å². The Morgan fingerprint density at radius 1 is 1.25 bits per heavy atom. The maximum absolute atomic E-state index is 12.5. The number of aliphatic hydroxyl groups excluding tert-OH is 1. The van der Waals surface area contributed by atoms with Crippen LogP contribution in [-0.4, -0.2) is 48.9 Å². The number of rotatable bonds is 6. The van der Waals surface area contributed by atoms with Crippen LogP contribution in [0.4, 0.5) is 0 Å². The number of hydrogen-bond donors (Lipinski definition) is 2. The van der Waals surface area contributed by atoms with Crippen molar-refractivity contribution in [2.24, 2.45) is 0 Å². The second-order valence-electron chi connectivity index (χ2n) is 6.48. The van der Waals surface area contributed by atoms with Crippen LogP contribution in [0.25, 0.3) is 0 Å². The number of hydrogen-bond acceptors (Lipinski definition) is 5. The number of aliphatic hydroxyl groups is 1. The molecule has 1 aromatic rings. The summed E-state index contributed by atoms with van der Waals surface area (Å²) in [6.45, 7) is 7.68. The number of ether oxygens (including phenoxy) is 2. The molecule has 6 nitrogen and oxygen atoms in total. The van der Waals surface area contributed by atoms with Crippen LogP contribution in [0.1, 0.15) is 48.5 Å². The van der Waals surface area contributed by atoms with E-state index < -0.39 is 23.7 Å². The molecule has 1 saturated carbocycles. The van der Waals surface area contributed by atoms with Crippen molar-refractivity contribution in [1.29, 1.82) is 0 Å². The minimum Gasteiger partial charge on any atom is -0.467 e. The molecular weight excluding hydrogens is 358 g/mol. The summed E-state index contributed by atoms with van der Waals surface area (Å²) in [6, 6.07) is 5.91. The average molecular weight is 387 g/mol. The molecule has 2 atom stereocenters. The number of nitrogens with one attached hydrogen (secondary N) is 1. The fourth-order valence-electron chi connectivity index (χ4n) is 2.88. The van der Waals surface area contributed by atoms with Crippen molar-refractivity contribution in [3.63, 3.8) is 0 Å². The molecule has 0 spiro atoms. The highest BCUT2D eigenvalue weighted by Gasteiger charge is 2.49. The van der Waals surface area contributed by atoms with Gasteiger partial charge in [0.05, 0.1) is 18.8 Å². The Kier molecular flexibility index (Phi) is 9.43. The van der Waals surface area contributed by atoms with E-state index >= 15 is 0 Å². The maximum atomic E-state index is 12.5. The third kappa shape index (κ3) is 5.95. The number of carbonyl (C=O) groups is 2. The van der Waals surface area contributed by atoms with Crippen LogP contribution in [0.3, 0.4) is 0 Å². The lowest BCUT2D eigenvalue weighted by atomic mass is 9.74. The lowest BCUT2D eigenvalue weighted by Gasteiger charge is -2.44. The van der Waals surface area contributed by atoms with E-state index in [1.54, 1.807) is 38.3 Å². The molecule has 2 N–H and O–H groups in total. The second-order valence-corrected chi connectivity index (χ2v) is 6.48. The van der Waals surface area contributed by atoms with Gasteiger partial charge < -0.3 is 19.9 Å². The minimum absolute atomic E-state index is 0.368. The van der Waals surface area contributed by atoms with E-state index in [0.29, 0.717) is 24.8 Å². The molecule has 28 heavy (non-hydrogen) atoms. The summed E-state index contributed by atoms with van der Waals surface area (Å²) < 4.78 is 10.4. The van der Waals surface area contributed by atoms with Gasteiger partial charge in [0.1, 0.15) is 0 Å². The van der Waals surface area contributed by atoms with Gasteiger partial charge in [0, 0.05) is 24.7 Å². The molecule has 0 heterocycles. The van der Waals surface area contributed by atoms with Crippen molar-refractivity contribution in [1.82, 2.24) is 5.32 Å². The molecule has 1 fully saturated rings. The van der Waals surface area contributed by atoms with Crippen LogP contribution >= 0.6 is 0 Å². The Bertz CT molecular complexity index is 705. The maximum Gasteiger partial charge on any atom is 0.331 e. The Hall–Kier alpha value is -2.62. The Morgan fingerprint density at radius 3 is 2.29 bits per heavy atom. The lowest BCUT2D eigenvalue weighted by molar-refractivity contribution is -0.160. The van der Waals surface area contributed by atoms with Gasteiger partial charge in [0.15, 0.2) is 6.04 Å². The molecule has 6 heteroatoms. The van der Waals surface area contributed by atoms with Crippen LogP contribution in [-0.2, 0) is 14.3 Å². The average Bonchev–Trinajstić information content (AvgIpc) is 2.68. The predicted molar refractivity (Wildman–Crippen MR) is 108 cm³/mol. The molecule has 0 aromatic heterocycles. The zero-order valence-electron chi connectivity index (χ0n) is 16.8. The standard InChI is InChI=1S/C20H25NO5.C2H4/c1-14(22)6-4-7-15-8-10-16(11-9-15)18(23)21-17(19(24)25-2)20(26-3)12-5-13-20;1-2/h8-11,14,17,22H,5-6,12-13H2,1-3H3,(H,21,23);1-2H2. The molecule has 2 unspecified atom stereocenters. The smallest absolute Gasteiger partial charge is 0.331 e. The third-order valence-electron chi connectivity index (χ3n) is 4.62. The lowest BCUT2D eigenvalue weighted by Crippen LogP contribution is -2.61. The Morgan fingerprint density at radius 2 is 1.86 bits per heavy atom. The largest absolute Gasteiger partial charge is 0.467 e. The van der Waals surface area contributed by atoms with Gasteiger partial charge in [-0.05, 0) is 50.5 Å². The molecule has 1 aliphatic carbocycles. The molecule has 1 aliphatic rings. The topological polar surface area (TPSA) is 84.9 Å². The Labute approximate surface area is 166 Å². The summed E-state index contributed by atoms with van der Waals surface area (Å²) in [5.74, 6) is 4.91. The highest BCUT2D eigenvalue weighted by Crippen LogP contribution is 2.38. The van der Waals surface area contributed by atoms with Gasteiger partial charge in [-0.2, -0.15) is 0 Å². The number of benzene rings is 1. The number of methoxy groups -OCH3 is 2. The summed E-state index contributed by atoms with van der Waals surface area (Å²) in [7, 11) is 2.84. The zero-order valence-corrected chi connectivity index (χ0v) is 16.8. The molecule has 0 saturated heterocycles. The van der Waals surface area contributed by atoms with Crippen LogP contribution in [0.2, 0.25) is 0 Å². The van der Waals surface area contributed by atoms with E-state index in [-0.39, 0.29) is 5.91 Å². The summed E-state index contributed by atoms with van der Waals surface area (Å²) in [5, 5.41) is 12.0. The molecule has 0 aliphatic heterocycles. The van der Waals surface area contributed by atoms with Crippen molar-refractivity contribution in [3.05, 3.63) is 48.6 Å². The first-order chi connectivity index (χ1) is 13.4. The van der Waals surface area contributed by atoms with E-state index in [1.807, 2.05) is 0 Å². The molecule has 0 radical (unpaired) electrons. The van der Waals surface area contributed by atoms with Gasteiger partial charge >= 0.3 is 5.97 Å². The normalized spacial score (nSPS) is 16.0. The highest BCUT2D eigenvalue weighted by molar-refractivity contribution is 5.97. The van der Waals surface area contributed by atoms with Crippen molar-refractivity contribution in [2.75, 3.05) is 14.2 Å². The summed E-state index contributed by atoms with van der Waals surface area (Å²) in [5.41, 5.74) is 0.472. The second kappa shape index (κ2) is 11.3. The number of esters is 1. The molecule has 1 aromatic carbocycles. The van der Waals surface area contributed by atoms with Crippen molar-refractivity contribution in [3.8, 4) is 11.8 Å². The first-order valence-corrected chi connectivity index (χ1v) is 9.12. The zero-order chi connectivity index (χ0) is 21.2. The fourth-order valence-corrected chi connectivity index (χ4v) is 2.88. The third-order valence-corrected chi connectivity index (χ3v) is 4.62.